The molecule has 2 aromatic carbocycles. The first-order valence-electron chi connectivity index (χ1n) is 14.5. The number of fused-ring (bicyclic) bond motifs is 3. The Morgan fingerprint density at radius 3 is 2.47 bits per heavy atom. The highest BCUT2D eigenvalue weighted by Crippen LogP contribution is 2.39. The molecule has 4 heterocycles. The molecule has 2 aromatic heterocycles. The van der Waals surface area contributed by atoms with Crippen molar-refractivity contribution in [3.63, 3.8) is 0 Å². The third-order valence-electron chi connectivity index (χ3n) is 7.87. The van der Waals surface area contributed by atoms with Crippen molar-refractivity contribution in [3.05, 3.63) is 78.8 Å². The van der Waals surface area contributed by atoms with E-state index in [1.54, 1.807) is 17.0 Å². The van der Waals surface area contributed by atoms with Crippen molar-refractivity contribution < 1.29 is 32.9 Å². The van der Waals surface area contributed by atoms with Crippen LogP contribution in [0.2, 0.25) is 0 Å². The number of pyridine rings is 1. The highest BCUT2D eigenvalue weighted by molar-refractivity contribution is 7.92. The fourth-order valence-electron chi connectivity index (χ4n) is 5.84. The molecular weight excluding hydrogens is 606 g/mol. The number of nitrogens with zero attached hydrogens (tertiary/aromatic N) is 5. The number of benzene rings is 2. The third kappa shape index (κ3) is 5.92. The Labute approximate surface area is 259 Å². The van der Waals surface area contributed by atoms with Gasteiger partial charge < -0.3 is 14.5 Å². The molecule has 0 spiro atoms. The zero-order valence-corrected chi connectivity index (χ0v) is 25.0. The quantitative estimate of drug-likeness (QED) is 0.284. The molecular formula is C31H28F2N6O5S. The molecule has 0 saturated carbocycles. The van der Waals surface area contributed by atoms with E-state index < -0.39 is 26.6 Å². The van der Waals surface area contributed by atoms with Gasteiger partial charge in [-0.15, -0.1) is 0 Å². The SMILES string of the molecule is [2H]c1nc(N2[C@@H]3CC[C@H]2CN(C(=O)/C=C/C(C)=O)C3)c2cc(-c3cnc(OC)c(NS(=O)(=O)c4ccc(F)cc4F)c3)ccc2n1. The summed E-state index contributed by atoms with van der Waals surface area (Å²) in [4.78, 5) is 40.2. The van der Waals surface area contributed by atoms with E-state index in [1.807, 2.05) is 6.07 Å². The molecule has 2 fully saturated rings. The summed E-state index contributed by atoms with van der Waals surface area (Å²) in [6.45, 7) is 2.24. The number of ether oxygens (including phenoxy) is 1. The fourth-order valence-corrected chi connectivity index (χ4v) is 6.95. The molecule has 2 aliphatic rings. The summed E-state index contributed by atoms with van der Waals surface area (Å²) >= 11 is 0. The van der Waals surface area contributed by atoms with Crippen LogP contribution in [0.3, 0.4) is 0 Å². The van der Waals surface area contributed by atoms with Crippen LogP contribution in [0.25, 0.3) is 22.0 Å². The van der Waals surface area contributed by atoms with E-state index in [4.69, 9.17) is 6.11 Å². The van der Waals surface area contributed by atoms with Crippen molar-refractivity contribution in [1.82, 2.24) is 19.9 Å². The van der Waals surface area contributed by atoms with Crippen LogP contribution in [0.5, 0.6) is 5.88 Å². The molecule has 0 aliphatic carbocycles. The molecule has 1 amide bonds. The van der Waals surface area contributed by atoms with Gasteiger partial charge in [-0.25, -0.2) is 32.2 Å². The van der Waals surface area contributed by atoms with Gasteiger partial charge in [0.25, 0.3) is 10.0 Å². The number of sulfonamides is 1. The number of halogens is 2. The van der Waals surface area contributed by atoms with Crippen LogP contribution in [-0.2, 0) is 19.6 Å². The maximum Gasteiger partial charge on any atom is 0.264 e. The summed E-state index contributed by atoms with van der Waals surface area (Å²) in [5.41, 5.74) is 1.56. The van der Waals surface area contributed by atoms with Crippen molar-refractivity contribution in [1.29, 1.82) is 0 Å². The number of rotatable bonds is 8. The van der Waals surface area contributed by atoms with Crippen molar-refractivity contribution in [2.24, 2.45) is 0 Å². The van der Waals surface area contributed by atoms with Gasteiger partial charge >= 0.3 is 0 Å². The summed E-state index contributed by atoms with van der Waals surface area (Å²) in [5.74, 6) is -2.13. The molecule has 2 aliphatic heterocycles. The average molecular weight is 636 g/mol. The second-order valence-electron chi connectivity index (χ2n) is 10.8. The lowest BCUT2D eigenvalue weighted by atomic mass is 10.0. The summed E-state index contributed by atoms with van der Waals surface area (Å²) in [5, 5.41) is 0.646. The number of allylic oxidation sites excluding steroid dienone is 1. The normalized spacial score (nSPS) is 18.4. The summed E-state index contributed by atoms with van der Waals surface area (Å²) < 4.78 is 69.6. The van der Waals surface area contributed by atoms with Crippen molar-refractivity contribution in [3.8, 4) is 17.0 Å². The largest absolute Gasteiger partial charge is 0.480 e. The molecule has 6 rings (SSSR count). The molecule has 0 unspecified atom stereocenters. The number of likely N-dealkylation sites (tertiary alicyclic amines) is 1. The first kappa shape index (κ1) is 28.8. The van der Waals surface area contributed by atoms with E-state index >= 15 is 0 Å². The molecule has 45 heavy (non-hydrogen) atoms. The van der Waals surface area contributed by atoms with Gasteiger partial charge in [0, 0.05) is 54.5 Å². The molecule has 4 aromatic rings. The number of nitrogens with one attached hydrogen (secondary N) is 1. The maximum atomic E-state index is 14.4. The maximum absolute atomic E-state index is 14.4. The lowest BCUT2D eigenvalue weighted by Crippen LogP contribution is -2.55. The minimum absolute atomic E-state index is 0.0647. The first-order chi connectivity index (χ1) is 21.9. The van der Waals surface area contributed by atoms with E-state index in [2.05, 4.69) is 24.6 Å². The van der Waals surface area contributed by atoms with Gasteiger partial charge in [-0.3, -0.25) is 14.3 Å². The Balaban J connectivity index is 1.35. The van der Waals surface area contributed by atoms with Crippen molar-refractivity contribution in [2.45, 2.75) is 36.7 Å². The van der Waals surface area contributed by atoms with Crippen LogP contribution in [0.15, 0.2) is 72.0 Å². The molecule has 1 N–H and O–H groups in total. The lowest BCUT2D eigenvalue weighted by molar-refractivity contribution is -0.127. The minimum Gasteiger partial charge on any atom is -0.480 e. The van der Waals surface area contributed by atoms with E-state index in [-0.39, 0.29) is 41.6 Å². The minimum atomic E-state index is -4.49. The Morgan fingerprint density at radius 2 is 1.78 bits per heavy atom. The number of carbonyl (C=O) groups excluding carboxylic acids is 2. The Kier molecular flexibility index (Phi) is 7.57. The average Bonchev–Trinajstić information content (AvgIpc) is 3.26. The summed E-state index contributed by atoms with van der Waals surface area (Å²) in [7, 11) is -3.18. The zero-order valence-electron chi connectivity index (χ0n) is 25.2. The van der Waals surface area contributed by atoms with Crippen LogP contribution in [0, 0.1) is 11.6 Å². The predicted octanol–water partition coefficient (Wildman–Crippen LogP) is 4.10. The van der Waals surface area contributed by atoms with E-state index in [0.717, 1.165) is 25.0 Å². The van der Waals surface area contributed by atoms with Gasteiger partial charge in [0.2, 0.25) is 11.8 Å². The number of methoxy groups -OCH3 is 1. The number of hydrogen-bond donors (Lipinski definition) is 1. The smallest absolute Gasteiger partial charge is 0.264 e. The highest BCUT2D eigenvalue weighted by Gasteiger charge is 2.42. The van der Waals surface area contributed by atoms with E-state index in [9.17, 15) is 26.8 Å². The highest BCUT2D eigenvalue weighted by atomic mass is 32.2. The number of amides is 1. The third-order valence-corrected chi connectivity index (χ3v) is 9.27. The molecule has 2 bridgehead atoms. The second-order valence-corrected chi connectivity index (χ2v) is 12.5. The second kappa shape index (κ2) is 11.8. The number of piperazine rings is 1. The molecule has 232 valence electrons. The van der Waals surface area contributed by atoms with Crippen molar-refractivity contribution >= 4 is 44.1 Å². The van der Waals surface area contributed by atoms with E-state index in [1.165, 1.54) is 38.4 Å². The fraction of sp³-hybridized carbons (Fsp3) is 0.258. The molecule has 14 heteroatoms. The van der Waals surface area contributed by atoms with Crippen LogP contribution in [-0.4, -0.2) is 72.2 Å². The topological polar surface area (TPSA) is 135 Å². The van der Waals surface area contributed by atoms with Crippen LogP contribution >= 0.6 is 0 Å². The van der Waals surface area contributed by atoms with Crippen molar-refractivity contribution in [2.75, 3.05) is 29.8 Å². The molecule has 0 radical (unpaired) electrons. The first-order valence-corrected chi connectivity index (χ1v) is 15.5. The number of anilines is 2. The predicted molar refractivity (Wildman–Crippen MR) is 162 cm³/mol. The van der Waals surface area contributed by atoms with Gasteiger partial charge in [0.15, 0.2) is 5.78 Å². The standard InChI is InChI=1S/C31H28F2N6O5S/c1-18(40)3-10-29(41)38-15-22-6-7-23(16-38)39(22)30-24-11-19(4-8-26(24)35-17-36-30)20-12-27(31(44-2)34-14-20)37-45(42,43)28-9-5-21(32)13-25(28)33/h3-5,8-14,17,22-23,37H,6-7,15-16H2,1-2H3/b10-3+/t22-,23+/i17D. The molecule has 2 atom stereocenters. The van der Waals surface area contributed by atoms with E-state index in [0.29, 0.717) is 47.0 Å². The van der Waals surface area contributed by atoms with Crippen LogP contribution in [0.4, 0.5) is 20.3 Å². The summed E-state index contributed by atoms with van der Waals surface area (Å²) in [6, 6.07) is 8.79. The molecule has 2 saturated heterocycles. The lowest BCUT2D eigenvalue weighted by Gasteiger charge is -2.41. The van der Waals surface area contributed by atoms with Gasteiger partial charge in [-0.05, 0) is 61.7 Å². The number of aromatic nitrogens is 3. The number of hydrogen-bond acceptors (Lipinski definition) is 9. The molecule has 11 nitrogen and oxygen atoms in total. The van der Waals surface area contributed by atoms with Crippen LogP contribution < -0.4 is 14.4 Å². The number of carbonyl (C=O) groups is 2. The van der Waals surface area contributed by atoms with Gasteiger partial charge in [-0.2, -0.15) is 0 Å². The van der Waals surface area contributed by atoms with Gasteiger partial charge in [0.1, 0.15) is 35.7 Å². The Bertz CT molecular complexity index is 2010. The monoisotopic (exact) mass is 635 g/mol. The Morgan fingerprint density at radius 1 is 1.02 bits per heavy atom. The van der Waals surface area contributed by atoms with Gasteiger partial charge in [-0.1, -0.05) is 6.07 Å². The summed E-state index contributed by atoms with van der Waals surface area (Å²) in [6.07, 6.45) is 5.49. The number of ketones is 1. The van der Waals surface area contributed by atoms with Crippen LogP contribution in [0.1, 0.15) is 21.1 Å². The zero-order chi connectivity index (χ0) is 32.7. The Hall–Kier alpha value is -4.98. The van der Waals surface area contributed by atoms with Gasteiger partial charge in [0.05, 0.1) is 12.6 Å².